The summed E-state index contributed by atoms with van der Waals surface area (Å²) in [6.07, 6.45) is 4.91. The van der Waals surface area contributed by atoms with Gasteiger partial charge in [0, 0.05) is 10.4 Å². The maximum atomic E-state index is 5.87. The Morgan fingerprint density at radius 3 is 2.56 bits per heavy atom. The SMILES string of the molecule is Br.CC(C)(C)c1nc(N/N=C/c2ccc(Cl)cc2)sc1-n1cncn1. The minimum absolute atomic E-state index is 0. The average Bonchev–Trinajstić information content (AvgIpc) is 3.17. The Balaban J connectivity index is 0.00000225. The lowest BCUT2D eigenvalue weighted by atomic mass is 9.92. The van der Waals surface area contributed by atoms with Crippen molar-refractivity contribution in [2.24, 2.45) is 5.10 Å². The molecule has 2 aromatic heterocycles. The van der Waals surface area contributed by atoms with E-state index in [4.69, 9.17) is 11.6 Å². The molecule has 25 heavy (non-hydrogen) atoms. The number of hydrazone groups is 1. The summed E-state index contributed by atoms with van der Waals surface area (Å²) in [6, 6.07) is 7.45. The number of rotatable bonds is 4. The topological polar surface area (TPSA) is 68.0 Å². The van der Waals surface area contributed by atoms with Crippen LogP contribution in [0.5, 0.6) is 0 Å². The lowest BCUT2D eigenvalue weighted by Gasteiger charge is -2.16. The van der Waals surface area contributed by atoms with Gasteiger partial charge in [-0.25, -0.2) is 14.6 Å². The summed E-state index contributed by atoms with van der Waals surface area (Å²) in [5.74, 6) is 0. The van der Waals surface area contributed by atoms with Crippen LogP contribution in [0.4, 0.5) is 5.13 Å². The van der Waals surface area contributed by atoms with Crippen LogP contribution >= 0.6 is 39.9 Å². The van der Waals surface area contributed by atoms with Crippen molar-refractivity contribution in [2.45, 2.75) is 26.2 Å². The molecule has 0 unspecified atom stereocenters. The van der Waals surface area contributed by atoms with Crippen LogP contribution in [0.2, 0.25) is 5.02 Å². The molecule has 3 rings (SSSR count). The molecular weight excluding hydrogens is 424 g/mol. The standard InChI is InChI=1S/C16H17ClN6S.BrH/c1-16(2,3)13-14(23-10-18-9-20-23)24-15(21-13)22-19-8-11-4-6-12(17)7-5-11;/h4-10H,1-3H3,(H,21,22);1H/b19-8+;. The van der Waals surface area contributed by atoms with E-state index in [1.807, 2.05) is 24.3 Å². The van der Waals surface area contributed by atoms with Crippen molar-refractivity contribution in [1.29, 1.82) is 0 Å². The number of benzene rings is 1. The van der Waals surface area contributed by atoms with Crippen LogP contribution in [0.3, 0.4) is 0 Å². The molecule has 132 valence electrons. The van der Waals surface area contributed by atoms with Crippen LogP contribution in [0, 0.1) is 0 Å². The molecule has 3 aromatic rings. The summed E-state index contributed by atoms with van der Waals surface area (Å²) >= 11 is 7.36. The van der Waals surface area contributed by atoms with E-state index in [-0.39, 0.29) is 22.4 Å². The van der Waals surface area contributed by atoms with Crippen molar-refractivity contribution in [1.82, 2.24) is 19.7 Å². The molecule has 0 saturated heterocycles. The molecule has 1 N–H and O–H groups in total. The van der Waals surface area contributed by atoms with Crippen LogP contribution < -0.4 is 5.43 Å². The molecular formula is C16H18BrClN6S. The summed E-state index contributed by atoms with van der Waals surface area (Å²) in [5.41, 5.74) is 4.77. The number of thiazole rings is 1. The number of nitrogens with one attached hydrogen (secondary N) is 1. The Hall–Kier alpha value is -1.77. The summed E-state index contributed by atoms with van der Waals surface area (Å²) in [4.78, 5) is 8.68. The van der Waals surface area contributed by atoms with Crippen LogP contribution in [0.1, 0.15) is 32.0 Å². The zero-order valence-electron chi connectivity index (χ0n) is 14.0. The molecule has 0 amide bonds. The quantitative estimate of drug-likeness (QED) is 0.471. The number of nitrogens with zero attached hydrogens (tertiary/aromatic N) is 5. The van der Waals surface area contributed by atoms with E-state index < -0.39 is 0 Å². The Bertz CT molecular complexity index is 837. The van der Waals surface area contributed by atoms with Crippen molar-refractivity contribution in [3.8, 4) is 5.00 Å². The average molecular weight is 442 g/mol. The second-order valence-electron chi connectivity index (χ2n) is 6.18. The van der Waals surface area contributed by atoms with Crippen molar-refractivity contribution in [3.63, 3.8) is 0 Å². The molecule has 6 nitrogen and oxygen atoms in total. The minimum atomic E-state index is -0.113. The van der Waals surface area contributed by atoms with Gasteiger partial charge in [0.15, 0.2) is 0 Å². The van der Waals surface area contributed by atoms with Crippen LogP contribution in [-0.2, 0) is 5.41 Å². The predicted octanol–water partition coefficient (Wildman–Crippen LogP) is 4.70. The second-order valence-corrected chi connectivity index (χ2v) is 7.60. The highest BCUT2D eigenvalue weighted by Crippen LogP contribution is 2.34. The largest absolute Gasteiger partial charge is 0.253 e. The monoisotopic (exact) mass is 440 g/mol. The highest BCUT2D eigenvalue weighted by Gasteiger charge is 2.24. The highest BCUT2D eigenvalue weighted by molar-refractivity contribution is 8.93. The molecule has 0 bridgehead atoms. The van der Waals surface area contributed by atoms with E-state index in [0.717, 1.165) is 16.3 Å². The van der Waals surface area contributed by atoms with Gasteiger partial charge < -0.3 is 0 Å². The van der Waals surface area contributed by atoms with Gasteiger partial charge in [0.2, 0.25) is 5.13 Å². The van der Waals surface area contributed by atoms with E-state index in [9.17, 15) is 0 Å². The maximum Gasteiger partial charge on any atom is 0.205 e. The normalized spacial score (nSPS) is 11.5. The maximum absolute atomic E-state index is 5.87. The lowest BCUT2D eigenvalue weighted by molar-refractivity contribution is 0.567. The fourth-order valence-electron chi connectivity index (χ4n) is 2.03. The summed E-state index contributed by atoms with van der Waals surface area (Å²) in [5, 5.41) is 10.8. The Kier molecular flexibility index (Phi) is 6.31. The third-order valence-electron chi connectivity index (χ3n) is 3.19. The molecule has 1 aromatic carbocycles. The molecule has 0 aliphatic carbocycles. The van der Waals surface area contributed by atoms with E-state index in [2.05, 4.69) is 46.4 Å². The molecule has 0 aliphatic rings. The smallest absolute Gasteiger partial charge is 0.205 e. The van der Waals surface area contributed by atoms with E-state index in [0.29, 0.717) is 10.2 Å². The number of hydrogen-bond donors (Lipinski definition) is 1. The molecule has 0 aliphatic heterocycles. The fraction of sp³-hybridized carbons (Fsp3) is 0.250. The van der Waals surface area contributed by atoms with Gasteiger partial charge in [-0.1, -0.05) is 55.8 Å². The van der Waals surface area contributed by atoms with Gasteiger partial charge in [-0.05, 0) is 17.7 Å². The van der Waals surface area contributed by atoms with Gasteiger partial charge in [0.1, 0.15) is 17.7 Å². The summed E-state index contributed by atoms with van der Waals surface area (Å²) in [7, 11) is 0. The lowest BCUT2D eigenvalue weighted by Crippen LogP contribution is -2.15. The molecule has 0 saturated carbocycles. The van der Waals surface area contributed by atoms with Crippen LogP contribution in [-0.4, -0.2) is 26.0 Å². The third-order valence-corrected chi connectivity index (χ3v) is 4.39. The van der Waals surface area contributed by atoms with Gasteiger partial charge in [0.05, 0.1) is 11.9 Å². The number of aromatic nitrogens is 4. The van der Waals surface area contributed by atoms with Gasteiger partial charge in [0.25, 0.3) is 0 Å². The van der Waals surface area contributed by atoms with Crippen molar-refractivity contribution in [3.05, 3.63) is 53.2 Å². The molecule has 0 spiro atoms. The molecule has 2 heterocycles. The molecule has 0 atom stereocenters. The van der Waals surface area contributed by atoms with Gasteiger partial charge in [-0.15, -0.1) is 17.0 Å². The van der Waals surface area contributed by atoms with Gasteiger partial charge in [-0.3, -0.25) is 5.43 Å². The van der Waals surface area contributed by atoms with Gasteiger partial charge in [-0.2, -0.15) is 10.2 Å². The first-order chi connectivity index (χ1) is 11.4. The first-order valence-corrected chi connectivity index (χ1v) is 8.54. The molecule has 9 heteroatoms. The Morgan fingerprint density at radius 1 is 1.24 bits per heavy atom. The molecule has 0 radical (unpaired) electrons. The zero-order chi connectivity index (χ0) is 17.2. The van der Waals surface area contributed by atoms with Gasteiger partial charge >= 0.3 is 0 Å². The van der Waals surface area contributed by atoms with E-state index in [1.165, 1.54) is 17.7 Å². The number of hydrogen-bond acceptors (Lipinski definition) is 6. The van der Waals surface area contributed by atoms with Crippen LogP contribution in [0.25, 0.3) is 5.00 Å². The Labute approximate surface area is 165 Å². The molecule has 0 fully saturated rings. The Morgan fingerprint density at radius 2 is 1.96 bits per heavy atom. The first-order valence-electron chi connectivity index (χ1n) is 7.34. The zero-order valence-corrected chi connectivity index (χ0v) is 17.3. The van der Waals surface area contributed by atoms with E-state index in [1.54, 1.807) is 17.2 Å². The summed E-state index contributed by atoms with van der Waals surface area (Å²) in [6.45, 7) is 6.34. The second kappa shape index (κ2) is 8.07. The highest BCUT2D eigenvalue weighted by atomic mass is 79.9. The summed E-state index contributed by atoms with van der Waals surface area (Å²) < 4.78 is 1.73. The number of anilines is 1. The first kappa shape index (κ1) is 19.6. The van der Waals surface area contributed by atoms with E-state index >= 15 is 0 Å². The number of halogens is 2. The predicted molar refractivity (Wildman–Crippen MR) is 109 cm³/mol. The van der Waals surface area contributed by atoms with Crippen molar-refractivity contribution >= 4 is 51.3 Å². The fourth-order valence-corrected chi connectivity index (χ4v) is 3.21. The van der Waals surface area contributed by atoms with Crippen LogP contribution in [0.15, 0.2) is 42.0 Å². The third kappa shape index (κ3) is 4.87. The minimum Gasteiger partial charge on any atom is -0.253 e. The van der Waals surface area contributed by atoms with Crippen molar-refractivity contribution < 1.29 is 0 Å². The van der Waals surface area contributed by atoms with Crippen molar-refractivity contribution in [2.75, 3.05) is 5.43 Å².